The Morgan fingerprint density at radius 2 is 1.47 bits per heavy atom. The van der Waals surface area contributed by atoms with Gasteiger partial charge in [0.15, 0.2) is 0 Å². The highest BCUT2D eigenvalue weighted by Crippen LogP contribution is 2.60. The minimum Gasteiger partial charge on any atom is -0.469 e. The average molecular weight is 535 g/mol. The summed E-state index contributed by atoms with van der Waals surface area (Å²) in [7, 11) is 1.35. The number of carbonyl (C=O) groups excluding carboxylic acids is 4. The summed E-state index contributed by atoms with van der Waals surface area (Å²) in [5.41, 5.74) is -3.69. The van der Waals surface area contributed by atoms with Crippen molar-refractivity contribution in [3.05, 3.63) is 0 Å². The Hall–Kier alpha value is -2.12. The van der Waals surface area contributed by atoms with E-state index in [0.29, 0.717) is 18.3 Å². The lowest BCUT2D eigenvalue weighted by Gasteiger charge is -2.59. The number of rotatable bonds is 10. The fourth-order valence-electron chi connectivity index (χ4n) is 8.19. The molecule has 1 saturated heterocycles. The van der Waals surface area contributed by atoms with Crippen LogP contribution in [0, 0.1) is 39.9 Å². The van der Waals surface area contributed by atoms with Gasteiger partial charge in [-0.05, 0) is 110 Å². The molecule has 5 fully saturated rings. The van der Waals surface area contributed by atoms with Gasteiger partial charge in [-0.25, -0.2) is 0 Å². The summed E-state index contributed by atoms with van der Waals surface area (Å²) in [6.45, 7) is 11.1. The monoisotopic (exact) mass is 534 g/mol. The summed E-state index contributed by atoms with van der Waals surface area (Å²) in [6, 6.07) is 0. The first-order chi connectivity index (χ1) is 17.6. The van der Waals surface area contributed by atoms with Gasteiger partial charge >= 0.3 is 23.9 Å². The molecule has 0 amide bonds. The van der Waals surface area contributed by atoms with Crippen molar-refractivity contribution >= 4 is 23.9 Å². The van der Waals surface area contributed by atoms with Gasteiger partial charge < -0.3 is 18.9 Å². The number of esters is 4. The molecule has 4 bridgehead atoms. The largest absolute Gasteiger partial charge is 0.469 e. The Balaban J connectivity index is 1.59. The van der Waals surface area contributed by atoms with Gasteiger partial charge in [0.2, 0.25) is 0 Å². The number of hydrogen-bond donors (Lipinski definition) is 0. The van der Waals surface area contributed by atoms with Gasteiger partial charge in [-0.15, -0.1) is 0 Å². The Morgan fingerprint density at radius 3 is 1.95 bits per heavy atom. The predicted octanol–water partition coefficient (Wildman–Crippen LogP) is 5.01. The number of cyclic esters (lactones) is 1. The van der Waals surface area contributed by atoms with E-state index in [1.54, 1.807) is 13.8 Å². The molecular weight excluding hydrogens is 488 g/mol. The summed E-state index contributed by atoms with van der Waals surface area (Å²) < 4.78 is 22.2. The molecule has 0 aromatic carbocycles. The van der Waals surface area contributed by atoms with Gasteiger partial charge in [0, 0.05) is 0 Å². The van der Waals surface area contributed by atoms with Crippen LogP contribution in [-0.4, -0.2) is 49.3 Å². The van der Waals surface area contributed by atoms with Crippen LogP contribution in [0.25, 0.3) is 0 Å². The van der Waals surface area contributed by atoms with Crippen LogP contribution < -0.4 is 0 Å². The Kier molecular flexibility index (Phi) is 7.69. The lowest BCUT2D eigenvalue weighted by atomic mass is 9.50. The first-order valence-electron chi connectivity index (χ1n) is 14.3. The summed E-state index contributed by atoms with van der Waals surface area (Å²) in [5.74, 6) is 0.521. The van der Waals surface area contributed by atoms with Crippen LogP contribution >= 0.6 is 0 Å². The van der Waals surface area contributed by atoms with Gasteiger partial charge in [0.05, 0.1) is 29.8 Å². The van der Waals surface area contributed by atoms with Crippen LogP contribution in [0.15, 0.2) is 0 Å². The zero-order valence-corrected chi connectivity index (χ0v) is 24.2. The van der Waals surface area contributed by atoms with Crippen molar-refractivity contribution in [3.8, 4) is 0 Å². The fraction of sp³-hybridized carbons (Fsp3) is 0.867. The molecule has 3 unspecified atom stereocenters. The van der Waals surface area contributed by atoms with Crippen molar-refractivity contribution in [1.82, 2.24) is 0 Å². The molecule has 8 heteroatoms. The Morgan fingerprint density at radius 1 is 0.895 bits per heavy atom. The van der Waals surface area contributed by atoms with Crippen molar-refractivity contribution in [1.29, 1.82) is 0 Å². The second-order valence-corrected chi connectivity index (χ2v) is 14.0. The third-order valence-corrected chi connectivity index (χ3v) is 10.3. The van der Waals surface area contributed by atoms with Crippen molar-refractivity contribution in [2.75, 3.05) is 13.7 Å². The van der Waals surface area contributed by atoms with Gasteiger partial charge in [-0.1, -0.05) is 6.92 Å². The van der Waals surface area contributed by atoms with E-state index in [1.807, 2.05) is 20.8 Å². The molecule has 3 atom stereocenters. The molecule has 0 spiro atoms. The second-order valence-electron chi connectivity index (χ2n) is 14.0. The first-order valence-corrected chi connectivity index (χ1v) is 14.3. The van der Waals surface area contributed by atoms with Crippen LogP contribution in [0.5, 0.6) is 0 Å². The smallest absolute Gasteiger partial charge is 0.312 e. The number of carbonyl (C=O) groups is 4. The van der Waals surface area contributed by atoms with Gasteiger partial charge in [-0.3, -0.25) is 19.2 Å². The quantitative estimate of drug-likeness (QED) is 0.285. The second kappa shape index (κ2) is 10.1. The summed E-state index contributed by atoms with van der Waals surface area (Å²) in [5, 5.41) is 0. The molecular formula is C30H46O8. The highest BCUT2D eigenvalue weighted by molar-refractivity contribution is 5.83. The molecule has 4 aliphatic carbocycles. The maximum absolute atomic E-state index is 14.3. The van der Waals surface area contributed by atoms with E-state index in [2.05, 4.69) is 6.92 Å². The molecule has 4 saturated carbocycles. The maximum atomic E-state index is 14.3. The summed E-state index contributed by atoms with van der Waals surface area (Å²) in [4.78, 5) is 51.9. The molecule has 5 rings (SSSR count). The molecule has 5 aliphatic rings. The lowest BCUT2D eigenvalue weighted by molar-refractivity contribution is -0.215. The highest BCUT2D eigenvalue weighted by Gasteiger charge is 2.59. The number of methoxy groups -OCH3 is 1. The lowest BCUT2D eigenvalue weighted by Crippen LogP contribution is -2.59. The first kappa shape index (κ1) is 28.9. The van der Waals surface area contributed by atoms with Gasteiger partial charge in [0.1, 0.15) is 18.3 Å². The topological polar surface area (TPSA) is 105 Å². The van der Waals surface area contributed by atoms with Gasteiger partial charge in [0.25, 0.3) is 0 Å². The molecule has 0 N–H and O–H groups in total. The van der Waals surface area contributed by atoms with E-state index in [4.69, 9.17) is 18.9 Å². The molecule has 38 heavy (non-hydrogen) atoms. The predicted molar refractivity (Wildman–Crippen MR) is 139 cm³/mol. The SMILES string of the molecule is CCC(C)(CC(C)(CC(C)(C)C(=O)OC1COC(=O)C1)C(=O)OC1(C)C2CC3CC(C2)CC1C3)C(=O)OC. The van der Waals surface area contributed by atoms with Crippen LogP contribution in [0.2, 0.25) is 0 Å². The zero-order valence-electron chi connectivity index (χ0n) is 24.2. The highest BCUT2D eigenvalue weighted by atomic mass is 16.6. The van der Waals surface area contributed by atoms with E-state index >= 15 is 0 Å². The average Bonchev–Trinajstić information content (AvgIpc) is 3.25. The minimum absolute atomic E-state index is 0.0283. The summed E-state index contributed by atoms with van der Waals surface area (Å²) >= 11 is 0. The van der Waals surface area contributed by atoms with Crippen LogP contribution in [-0.2, 0) is 38.1 Å². The molecule has 8 nitrogen and oxygen atoms in total. The standard InChI is InChI=1S/C30H46O8/c1-8-28(4,25(33)35-7)17-29(5,16-27(2,3)24(32)37-22-14-23(31)36-15-22)26(34)38-30(6)20-10-18-9-19(12-20)13-21(30)11-18/h18-22H,8-17H2,1-7H3. The summed E-state index contributed by atoms with van der Waals surface area (Å²) in [6.07, 6.45) is 5.88. The van der Waals surface area contributed by atoms with Crippen molar-refractivity contribution in [3.63, 3.8) is 0 Å². The molecule has 1 aliphatic heterocycles. The van der Waals surface area contributed by atoms with E-state index in [9.17, 15) is 19.2 Å². The molecule has 214 valence electrons. The van der Waals surface area contributed by atoms with E-state index < -0.39 is 39.9 Å². The van der Waals surface area contributed by atoms with Crippen LogP contribution in [0.3, 0.4) is 0 Å². The van der Waals surface area contributed by atoms with Crippen molar-refractivity contribution < 1.29 is 38.1 Å². The van der Waals surface area contributed by atoms with Crippen LogP contribution in [0.4, 0.5) is 0 Å². The molecule has 1 heterocycles. The molecule has 0 aromatic heterocycles. The third-order valence-electron chi connectivity index (χ3n) is 10.3. The van der Waals surface area contributed by atoms with Crippen LogP contribution in [0.1, 0.15) is 99.3 Å². The molecule has 0 aromatic rings. The third kappa shape index (κ3) is 5.33. The van der Waals surface area contributed by atoms with E-state index in [0.717, 1.165) is 37.5 Å². The Bertz CT molecular complexity index is 941. The Labute approximate surface area is 226 Å². The van der Waals surface area contributed by atoms with E-state index in [1.165, 1.54) is 13.5 Å². The molecule has 0 radical (unpaired) electrons. The zero-order chi connectivity index (χ0) is 28.1. The fourth-order valence-corrected chi connectivity index (χ4v) is 8.19. The number of ether oxygens (including phenoxy) is 4. The normalized spacial score (nSPS) is 35.1. The minimum atomic E-state index is -1.15. The van der Waals surface area contributed by atoms with Gasteiger partial charge in [-0.2, -0.15) is 0 Å². The van der Waals surface area contributed by atoms with Crippen molar-refractivity contribution in [2.24, 2.45) is 39.9 Å². The number of hydrogen-bond acceptors (Lipinski definition) is 8. The van der Waals surface area contributed by atoms with E-state index in [-0.39, 0.29) is 37.8 Å². The van der Waals surface area contributed by atoms with Crippen molar-refractivity contribution in [2.45, 2.75) is 111 Å². The maximum Gasteiger partial charge on any atom is 0.312 e.